The van der Waals surface area contributed by atoms with Crippen LogP contribution in [0.4, 0.5) is 0 Å². The minimum Gasteiger partial charge on any atom is -0.381 e. The van der Waals surface area contributed by atoms with Gasteiger partial charge in [-0.25, -0.2) is 0 Å². The fraction of sp³-hybridized carbons (Fsp3) is 0.929. The van der Waals surface area contributed by atoms with Crippen molar-refractivity contribution in [3.63, 3.8) is 0 Å². The van der Waals surface area contributed by atoms with Crippen LogP contribution in [-0.4, -0.2) is 31.7 Å². The Hall–Kier alpha value is -0.610. The van der Waals surface area contributed by atoms with E-state index in [4.69, 9.17) is 10.5 Å². The highest BCUT2D eigenvalue weighted by Crippen LogP contribution is 2.29. The zero-order valence-electron chi connectivity index (χ0n) is 12.0. The van der Waals surface area contributed by atoms with Crippen LogP contribution in [0.25, 0.3) is 0 Å². The number of nitrogens with one attached hydrogen (secondary N) is 1. The van der Waals surface area contributed by atoms with Crippen LogP contribution < -0.4 is 11.1 Å². The third-order valence-electron chi connectivity index (χ3n) is 4.15. The lowest BCUT2D eigenvalue weighted by Crippen LogP contribution is -2.51. The SMILES string of the molecule is CCC(C)CC(C)NC(=O)C1(CN)CCOCC1. The minimum atomic E-state index is -0.401. The topological polar surface area (TPSA) is 64.4 Å². The van der Waals surface area contributed by atoms with E-state index in [1.54, 1.807) is 0 Å². The van der Waals surface area contributed by atoms with E-state index in [1.165, 1.54) is 0 Å². The summed E-state index contributed by atoms with van der Waals surface area (Å²) in [7, 11) is 0. The normalized spacial score (nSPS) is 22.2. The fourth-order valence-electron chi connectivity index (χ4n) is 2.49. The predicted molar refractivity (Wildman–Crippen MR) is 73.2 cm³/mol. The quantitative estimate of drug-likeness (QED) is 0.760. The first-order valence-corrected chi connectivity index (χ1v) is 7.13. The molecule has 1 heterocycles. The molecule has 1 amide bonds. The minimum absolute atomic E-state index is 0.115. The third kappa shape index (κ3) is 3.95. The van der Waals surface area contributed by atoms with Crippen molar-refractivity contribution >= 4 is 5.91 Å². The zero-order chi connectivity index (χ0) is 13.6. The Balaban J connectivity index is 2.51. The van der Waals surface area contributed by atoms with Gasteiger partial charge in [0.2, 0.25) is 5.91 Å². The molecular weight excluding hydrogens is 228 g/mol. The lowest BCUT2D eigenvalue weighted by molar-refractivity contribution is -0.136. The van der Waals surface area contributed by atoms with E-state index in [2.05, 4.69) is 26.1 Å². The molecule has 0 aromatic heterocycles. The van der Waals surface area contributed by atoms with Crippen LogP contribution in [0.1, 0.15) is 46.5 Å². The molecule has 2 unspecified atom stereocenters. The molecule has 0 radical (unpaired) electrons. The van der Waals surface area contributed by atoms with Crippen molar-refractivity contribution in [1.82, 2.24) is 5.32 Å². The molecule has 18 heavy (non-hydrogen) atoms. The Labute approximate surface area is 111 Å². The number of nitrogens with two attached hydrogens (primary N) is 1. The monoisotopic (exact) mass is 256 g/mol. The molecule has 1 aliphatic rings. The van der Waals surface area contributed by atoms with E-state index in [0.717, 1.165) is 25.7 Å². The first kappa shape index (κ1) is 15.4. The van der Waals surface area contributed by atoms with Crippen molar-refractivity contribution in [3.8, 4) is 0 Å². The van der Waals surface area contributed by atoms with E-state index in [9.17, 15) is 4.79 Å². The number of hydrogen-bond donors (Lipinski definition) is 2. The van der Waals surface area contributed by atoms with Gasteiger partial charge in [0.15, 0.2) is 0 Å². The highest BCUT2D eigenvalue weighted by Gasteiger charge is 2.39. The van der Waals surface area contributed by atoms with Crippen molar-refractivity contribution in [3.05, 3.63) is 0 Å². The van der Waals surface area contributed by atoms with Gasteiger partial charge >= 0.3 is 0 Å². The number of hydrogen-bond acceptors (Lipinski definition) is 3. The van der Waals surface area contributed by atoms with Gasteiger partial charge in [-0.05, 0) is 32.1 Å². The summed E-state index contributed by atoms with van der Waals surface area (Å²) in [6.07, 6.45) is 3.66. The Kier molecular flexibility index (Phi) is 6.09. The Morgan fingerprint density at radius 1 is 1.39 bits per heavy atom. The maximum Gasteiger partial charge on any atom is 0.227 e. The van der Waals surface area contributed by atoms with E-state index < -0.39 is 5.41 Å². The average Bonchev–Trinajstić information content (AvgIpc) is 2.39. The lowest BCUT2D eigenvalue weighted by Gasteiger charge is -2.35. The van der Waals surface area contributed by atoms with Gasteiger partial charge in [0.1, 0.15) is 0 Å². The van der Waals surface area contributed by atoms with Gasteiger partial charge in [-0.15, -0.1) is 0 Å². The van der Waals surface area contributed by atoms with Gasteiger partial charge in [0.25, 0.3) is 0 Å². The van der Waals surface area contributed by atoms with Gasteiger partial charge < -0.3 is 15.8 Å². The van der Waals surface area contributed by atoms with Gasteiger partial charge in [-0.3, -0.25) is 4.79 Å². The smallest absolute Gasteiger partial charge is 0.227 e. The summed E-state index contributed by atoms with van der Waals surface area (Å²) in [5.74, 6) is 0.757. The molecule has 0 aromatic rings. The Morgan fingerprint density at radius 2 is 2.00 bits per heavy atom. The summed E-state index contributed by atoms with van der Waals surface area (Å²) < 4.78 is 5.33. The van der Waals surface area contributed by atoms with Crippen molar-refractivity contribution in [2.75, 3.05) is 19.8 Å². The van der Waals surface area contributed by atoms with Crippen LogP contribution in [0.3, 0.4) is 0 Å². The van der Waals surface area contributed by atoms with Crippen LogP contribution in [0.2, 0.25) is 0 Å². The Morgan fingerprint density at radius 3 is 2.50 bits per heavy atom. The maximum absolute atomic E-state index is 12.4. The molecule has 1 fully saturated rings. The summed E-state index contributed by atoms with van der Waals surface area (Å²) in [5.41, 5.74) is 5.43. The summed E-state index contributed by atoms with van der Waals surface area (Å²) in [6, 6.07) is 0.221. The molecular formula is C14H28N2O2. The van der Waals surface area contributed by atoms with E-state index in [-0.39, 0.29) is 11.9 Å². The molecule has 0 aliphatic carbocycles. The predicted octanol–water partition coefficient (Wildman–Crippen LogP) is 1.68. The second-order valence-corrected chi connectivity index (χ2v) is 5.72. The van der Waals surface area contributed by atoms with Crippen LogP contribution in [0.5, 0.6) is 0 Å². The summed E-state index contributed by atoms with van der Waals surface area (Å²) in [5, 5.41) is 3.13. The van der Waals surface area contributed by atoms with Crippen molar-refractivity contribution < 1.29 is 9.53 Å². The molecule has 0 bridgehead atoms. The molecule has 4 heteroatoms. The third-order valence-corrected chi connectivity index (χ3v) is 4.15. The zero-order valence-corrected chi connectivity index (χ0v) is 12.0. The summed E-state index contributed by atoms with van der Waals surface area (Å²) >= 11 is 0. The van der Waals surface area contributed by atoms with Gasteiger partial charge in [0, 0.05) is 25.8 Å². The first-order chi connectivity index (χ1) is 8.54. The van der Waals surface area contributed by atoms with Crippen molar-refractivity contribution in [2.45, 2.75) is 52.5 Å². The van der Waals surface area contributed by atoms with E-state index in [0.29, 0.717) is 25.7 Å². The summed E-state index contributed by atoms with van der Waals surface area (Å²) in [4.78, 5) is 12.4. The highest BCUT2D eigenvalue weighted by molar-refractivity contribution is 5.83. The van der Waals surface area contributed by atoms with Crippen molar-refractivity contribution in [2.24, 2.45) is 17.1 Å². The number of amides is 1. The molecule has 3 N–H and O–H groups in total. The fourth-order valence-corrected chi connectivity index (χ4v) is 2.49. The number of carbonyl (C=O) groups is 1. The summed E-state index contributed by atoms with van der Waals surface area (Å²) in [6.45, 7) is 8.18. The second-order valence-electron chi connectivity index (χ2n) is 5.72. The van der Waals surface area contributed by atoms with Gasteiger partial charge in [0.05, 0.1) is 5.41 Å². The van der Waals surface area contributed by atoms with Gasteiger partial charge in [-0.2, -0.15) is 0 Å². The van der Waals surface area contributed by atoms with Gasteiger partial charge in [-0.1, -0.05) is 20.3 Å². The molecule has 1 aliphatic heterocycles. The number of rotatable bonds is 6. The molecule has 106 valence electrons. The molecule has 4 nitrogen and oxygen atoms in total. The average molecular weight is 256 g/mol. The van der Waals surface area contributed by atoms with Crippen molar-refractivity contribution in [1.29, 1.82) is 0 Å². The molecule has 1 rings (SSSR count). The highest BCUT2D eigenvalue weighted by atomic mass is 16.5. The van der Waals surface area contributed by atoms with E-state index >= 15 is 0 Å². The first-order valence-electron chi connectivity index (χ1n) is 7.13. The van der Waals surface area contributed by atoms with Crippen LogP contribution in [0, 0.1) is 11.3 Å². The second kappa shape index (κ2) is 7.10. The number of ether oxygens (including phenoxy) is 1. The Bertz CT molecular complexity index is 263. The number of carbonyl (C=O) groups excluding carboxylic acids is 1. The molecule has 2 atom stereocenters. The van der Waals surface area contributed by atoms with E-state index in [1.807, 2.05) is 0 Å². The van der Waals surface area contributed by atoms with Crippen LogP contribution in [-0.2, 0) is 9.53 Å². The van der Waals surface area contributed by atoms with Crippen LogP contribution >= 0.6 is 0 Å². The maximum atomic E-state index is 12.4. The largest absolute Gasteiger partial charge is 0.381 e. The molecule has 0 saturated carbocycles. The standard InChI is InChI=1S/C14H28N2O2/c1-4-11(2)9-12(3)16-13(17)14(10-15)5-7-18-8-6-14/h11-12H,4-10,15H2,1-3H3,(H,16,17). The molecule has 0 aromatic carbocycles. The molecule has 1 saturated heterocycles. The lowest BCUT2D eigenvalue weighted by atomic mass is 9.79. The van der Waals surface area contributed by atoms with Crippen LogP contribution in [0.15, 0.2) is 0 Å². The molecule has 0 spiro atoms.